The number of aliphatic hydroxyl groups excluding tert-OH is 1. The Morgan fingerprint density at radius 1 is 1.53 bits per heavy atom. The van der Waals surface area contributed by atoms with Crippen LogP contribution in [0.15, 0.2) is 0 Å². The molecule has 4 unspecified atom stereocenters. The van der Waals surface area contributed by atoms with Crippen molar-refractivity contribution in [1.29, 1.82) is 0 Å². The van der Waals surface area contributed by atoms with Gasteiger partial charge in [-0.2, -0.15) is 0 Å². The Bertz CT molecular complexity index is 218. The van der Waals surface area contributed by atoms with Crippen LogP contribution in [0.1, 0.15) is 39.5 Å². The lowest BCUT2D eigenvalue weighted by Gasteiger charge is -2.27. The Morgan fingerprint density at radius 3 is 2.73 bits per heavy atom. The average Bonchev–Trinajstić information content (AvgIpc) is 2.16. The number of ether oxygens (including phenoxy) is 1. The summed E-state index contributed by atoms with van der Waals surface area (Å²) in [6.07, 6.45) is 3.28. The summed E-state index contributed by atoms with van der Waals surface area (Å²) in [6, 6.07) is -0.915. The second kappa shape index (κ2) is 5.47. The van der Waals surface area contributed by atoms with Gasteiger partial charge in [-0.25, -0.2) is 0 Å². The molecule has 0 aromatic carbocycles. The van der Waals surface area contributed by atoms with Crippen LogP contribution in [-0.2, 0) is 9.53 Å². The molecule has 3 N–H and O–H groups in total. The lowest BCUT2D eigenvalue weighted by atomic mass is 9.89. The summed E-state index contributed by atoms with van der Waals surface area (Å²) in [5.41, 5.74) is 5.49. The van der Waals surface area contributed by atoms with E-state index in [1.54, 1.807) is 0 Å². The Kier molecular flexibility index (Phi) is 4.54. The number of esters is 1. The molecule has 0 aromatic heterocycles. The number of hydrogen-bond donors (Lipinski definition) is 2. The predicted octanol–water partition coefficient (Wildman–Crippen LogP) is 0.816. The summed E-state index contributed by atoms with van der Waals surface area (Å²) in [6.45, 7) is 3.66. The lowest BCUT2D eigenvalue weighted by molar-refractivity contribution is -0.155. The number of rotatable bonds is 3. The van der Waals surface area contributed by atoms with E-state index in [-0.39, 0.29) is 6.10 Å². The lowest BCUT2D eigenvalue weighted by Crippen LogP contribution is -2.43. The number of aliphatic hydroxyl groups is 1. The molecule has 1 saturated carbocycles. The summed E-state index contributed by atoms with van der Waals surface area (Å²) < 4.78 is 5.26. The molecule has 4 atom stereocenters. The highest BCUT2D eigenvalue weighted by Crippen LogP contribution is 2.25. The summed E-state index contributed by atoms with van der Waals surface area (Å²) in [5.74, 6) is 0.128. The minimum Gasteiger partial charge on any atom is -0.461 e. The van der Waals surface area contributed by atoms with Gasteiger partial charge in [0, 0.05) is 0 Å². The fourth-order valence-electron chi connectivity index (χ4n) is 1.93. The Labute approximate surface area is 90.8 Å². The van der Waals surface area contributed by atoms with Gasteiger partial charge in [-0.05, 0) is 32.1 Å². The van der Waals surface area contributed by atoms with Gasteiger partial charge in [-0.3, -0.25) is 4.79 Å². The Balaban J connectivity index is 2.37. The van der Waals surface area contributed by atoms with Crippen molar-refractivity contribution in [3.05, 3.63) is 0 Å². The van der Waals surface area contributed by atoms with Crippen molar-refractivity contribution in [2.75, 3.05) is 0 Å². The zero-order valence-corrected chi connectivity index (χ0v) is 9.48. The first-order valence-electron chi connectivity index (χ1n) is 5.65. The van der Waals surface area contributed by atoms with Crippen LogP contribution in [0.25, 0.3) is 0 Å². The summed E-state index contributed by atoms with van der Waals surface area (Å²) in [5, 5.41) is 9.15. The molecule has 0 saturated heterocycles. The van der Waals surface area contributed by atoms with Crippen molar-refractivity contribution >= 4 is 5.97 Å². The third-order valence-electron chi connectivity index (χ3n) is 2.96. The first kappa shape index (κ1) is 12.5. The Hall–Kier alpha value is -0.610. The number of nitrogens with two attached hydrogens (primary N) is 1. The van der Waals surface area contributed by atoms with Crippen LogP contribution in [0.4, 0.5) is 0 Å². The van der Waals surface area contributed by atoms with E-state index in [0.717, 1.165) is 19.3 Å². The molecule has 4 nitrogen and oxygen atoms in total. The summed E-state index contributed by atoms with van der Waals surface area (Å²) in [4.78, 5) is 11.5. The van der Waals surface area contributed by atoms with Crippen LogP contribution < -0.4 is 5.73 Å². The van der Waals surface area contributed by atoms with Gasteiger partial charge in [-0.1, -0.05) is 13.3 Å². The van der Waals surface area contributed by atoms with Crippen LogP contribution in [0.3, 0.4) is 0 Å². The quantitative estimate of drug-likeness (QED) is 0.683. The van der Waals surface area contributed by atoms with Crippen molar-refractivity contribution in [3.8, 4) is 0 Å². The van der Waals surface area contributed by atoms with Crippen LogP contribution >= 0.6 is 0 Å². The fourth-order valence-corrected chi connectivity index (χ4v) is 1.93. The maximum absolute atomic E-state index is 11.5. The molecule has 1 fully saturated rings. The number of carbonyl (C=O) groups is 1. The second-order valence-electron chi connectivity index (χ2n) is 4.60. The standard InChI is InChI=1S/C11H21NO3/c1-7-4-3-5-9(6-7)15-11(14)10(12)8(2)13/h7-10,13H,3-6,12H2,1-2H3. The molecule has 0 aromatic rings. The number of hydrogen-bond acceptors (Lipinski definition) is 4. The molecule has 0 amide bonds. The molecular formula is C11H21NO3. The van der Waals surface area contributed by atoms with E-state index in [1.807, 2.05) is 0 Å². The van der Waals surface area contributed by atoms with E-state index in [2.05, 4.69) is 6.92 Å². The molecule has 0 spiro atoms. The van der Waals surface area contributed by atoms with Gasteiger partial charge in [0.15, 0.2) is 0 Å². The Morgan fingerprint density at radius 2 is 2.20 bits per heavy atom. The van der Waals surface area contributed by atoms with Gasteiger partial charge in [0.25, 0.3) is 0 Å². The van der Waals surface area contributed by atoms with Crippen LogP contribution in [0, 0.1) is 5.92 Å². The second-order valence-corrected chi connectivity index (χ2v) is 4.60. The van der Waals surface area contributed by atoms with E-state index in [4.69, 9.17) is 15.6 Å². The van der Waals surface area contributed by atoms with E-state index < -0.39 is 18.1 Å². The van der Waals surface area contributed by atoms with Gasteiger partial charge >= 0.3 is 5.97 Å². The third kappa shape index (κ3) is 3.80. The van der Waals surface area contributed by atoms with Gasteiger partial charge in [0.2, 0.25) is 0 Å². The molecular weight excluding hydrogens is 194 g/mol. The molecule has 0 aliphatic heterocycles. The van der Waals surface area contributed by atoms with Crippen molar-refractivity contribution in [1.82, 2.24) is 0 Å². The van der Waals surface area contributed by atoms with Crippen LogP contribution in [-0.4, -0.2) is 29.3 Å². The molecule has 88 valence electrons. The minimum absolute atomic E-state index is 0.00829. The van der Waals surface area contributed by atoms with Gasteiger partial charge in [0.1, 0.15) is 12.1 Å². The van der Waals surface area contributed by atoms with Crippen molar-refractivity contribution < 1.29 is 14.6 Å². The van der Waals surface area contributed by atoms with E-state index in [0.29, 0.717) is 5.92 Å². The van der Waals surface area contributed by atoms with Crippen LogP contribution in [0.5, 0.6) is 0 Å². The predicted molar refractivity (Wildman–Crippen MR) is 57.2 cm³/mol. The zero-order valence-electron chi connectivity index (χ0n) is 9.48. The summed E-state index contributed by atoms with van der Waals surface area (Å²) >= 11 is 0. The zero-order chi connectivity index (χ0) is 11.4. The molecule has 1 aliphatic carbocycles. The highest BCUT2D eigenvalue weighted by atomic mass is 16.5. The molecule has 0 radical (unpaired) electrons. The molecule has 1 aliphatic rings. The summed E-state index contributed by atoms with van der Waals surface area (Å²) in [7, 11) is 0. The maximum atomic E-state index is 11.5. The molecule has 1 rings (SSSR count). The van der Waals surface area contributed by atoms with Crippen molar-refractivity contribution in [2.45, 2.75) is 57.8 Å². The normalized spacial score (nSPS) is 30.7. The molecule has 0 heterocycles. The largest absolute Gasteiger partial charge is 0.461 e. The number of carbonyl (C=O) groups excluding carboxylic acids is 1. The minimum atomic E-state index is -0.915. The first-order valence-corrected chi connectivity index (χ1v) is 5.65. The van der Waals surface area contributed by atoms with E-state index in [1.165, 1.54) is 13.3 Å². The molecule has 4 heteroatoms. The van der Waals surface area contributed by atoms with Gasteiger partial charge in [0.05, 0.1) is 6.10 Å². The SMILES string of the molecule is CC1CCCC(OC(=O)C(N)C(C)O)C1. The molecule has 0 bridgehead atoms. The van der Waals surface area contributed by atoms with Crippen molar-refractivity contribution in [3.63, 3.8) is 0 Å². The van der Waals surface area contributed by atoms with E-state index in [9.17, 15) is 4.79 Å². The topological polar surface area (TPSA) is 72.5 Å². The van der Waals surface area contributed by atoms with E-state index >= 15 is 0 Å². The first-order chi connectivity index (χ1) is 7.00. The average molecular weight is 215 g/mol. The third-order valence-corrected chi connectivity index (χ3v) is 2.96. The fraction of sp³-hybridized carbons (Fsp3) is 0.909. The van der Waals surface area contributed by atoms with Gasteiger partial charge in [-0.15, -0.1) is 0 Å². The highest BCUT2D eigenvalue weighted by Gasteiger charge is 2.26. The molecule has 15 heavy (non-hydrogen) atoms. The van der Waals surface area contributed by atoms with Crippen molar-refractivity contribution in [2.24, 2.45) is 11.7 Å². The smallest absolute Gasteiger partial charge is 0.325 e. The van der Waals surface area contributed by atoms with Gasteiger partial charge < -0.3 is 15.6 Å². The highest BCUT2D eigenvalue weighted by molar-refractivity contribution is 5.76. The monoisotopic (exact) mass is 215 g/mol. The van der Waals surface area contributed by atoms with Crippen LogP contribution in [0.2, 0.25) is 0 Å². The maximum Gasteiger partial charge on any atom is 0.325 e.